The van der Waals surface area contributed by atoms with E-state index < -0.39 is 21.1 Å². The maximum absolute atomic E-state index is 13.3. The van der Waals surface area contributed by atoms with Crippen molar-refractivity contribution in [2.45, 2.75) is 77.3 Å². The van der Waals surface area contributed by atoms with E-state index in [0.29, 0.717) is 4.90 Å². The van der Waals surface area contributed by atoms with Crippen LogP contribution in [0.25, 0.3) is 0 Å². The van der Waals surface area contributed by atoms with Crippen molar-refractivity contribution in [2.75, 3.05) is 0 Å². The van der Waals surface area contributed by atoms with Crippen molar-refractivity contribution in [3.63, 3.8) is 0 Å². The molecule has 1 aliphatic heterocycles. The number of piperidine rings is 1. The Labute approximate surface area is 135 Å². The lowest BCUT2D eigenvalue weighted by Crippen LogP contribution is -2.64. The molecule has 0 saturated carbocycles. The van der Waals surface area contributed by atoms with Crippen LogP contribution in [-0.4, -0.2) is 23.8 Å². The minimum absolute atomic E-state index is 0.131. The van der Waals surface area contributed by atoms with Crippen LogP contribution in [0.2, 0.25) is 0 Å². The second-order valence-electron chi connectivity index (χ2n) is 8.73. The number of sulfonamides is 1. The summed E-state index contributed by atoms with van der Waals surface area (Å²) in [6, 6.07) is 7.16. The zero-order valence-corrected chi connectivity index (χ0v) is 15.7. The Balaban J connectivity index is 2.55. The van der Waals surface area contributed by atoms with Crippen molar-refractivity contribution in [3.05, 3.63) is 29.8 Å². The largest absolute Gasteiger partial charge is 0.244 e. The molecule has 1 saturated heterocycles. The Hall–Kier alpha value is -0.870. The van der Waals surface area contributed by atoms with E-state index in [9.17, 15) is 8.42 Å². The minimum Gasteiger partial charge on any atom is -0.207 e. The summed E-state index contributed by atoms with van der Waals surface area (Å²) in [7, 11) is -3.51. The summed E-state index contributed by atoms with van der Waals surface area (Å²) in [5.74, 6) is 0. The van der Waals surface area contributed by atoms with Crippen LogP contribution in [0.4, 0.5) is 0 Å². The molecule has 0 N–H and O–H groups in total. The summed E-state index contributed by atoms with van der Waals surface area (Å²) in [6.07, 6.45) is 1.71. The van der Waals surface area contributed by atoms with Gasteiger partial charge >= 0.3 is 0 Å². The molecule has 0 unspecified atom stereocenters. The Bertz CT molecular complexity index is 635. The van der Waals surface area contributed by atoms with Crippen molar-refractivity contribution in [1.29, 1.82) is 0 Å². The smallest absolute Gasteiger partial charge is 0.207 e. The average molecular weight is 324 g/mol. The van der Waals surface area contributed by atoms with E-state index in [1.54, 1.807) is 16.4 Å². The van der Waals surface area contributed by atoms with Crippen LogP contribution >= 0.6 is 0 Å². The standard InChI is InChI=1S/C18H29NO2S/c1-14-8-10-15(11-9-14)22(20,21)19-17(4,5)12-16(2,3)13-18(19,6)7/h8-11H,12-13H2,1-7H3. The second-order valence-corrected chi connectivity index (χ2v) is 10.5. The molecule has 2 rings (SSSR count). The van der Waals surface area contributed by atoms with Gasteiger partial charge in [-0.1, -0.05) is 31.5 Å². The molecule has 1 aromatic carbocycles. The molecule has 3 nitrogen and oxygen atoms in total. The molecule has 0 atom stereocenters. The summed E-state index contributed by atoms with van der Waals surface area (Å²) in [4.78, 5) is 0.388. The lowest BCUT2D eigenvalue weighted by molar-refractivity contribution is -0.0141. The fourth-order valence-corrected chi connectivity index (χ4v) is 6.96. The molecule has 1 aliphatic rings. The zero-order chi connectivity index (χ0) is 17.0. The molecule has 0 aromatic heterocycles. The number of hydrogen-bond donors (Lipinski definition) is 0. The first-order chi connectivity index (χ1) is 9.78. The molecular formula is C18H29NO2S. The van der Waals surface area contributed by atoms with E-state index in [4.69, 9.17) is 0 Å². The van der Waals surface area contributed by atoms with Crippen LogP contribution in [-0.2, 0) is 10.0 Å². The molecule has 0 aliphatic carbocycles. The Morgan fingerprint density at radius 2 is 1.27 bits per heavy atom. The molecule has 1 heterocycles. The number of nitrogens with zero attached hydrogens (tertiary/aromatic N) is 1. The third-order valence-corrected chi connectivity index (χ3v) is 6.82. The fourth-order valence-electron chi connectivity index (χ4n) is 4.83. The van der Waals surface area contributed by atoms with Gasteiger partial charge in [0.1, 0.15) is 0 Å². The van der Waals surface area contributed by atoms with Gasteiger partial charge in [0.2, 0.25) is 10.0 Å². The van der Waals surface area contributed by atoms with Crippen LogP contribution in [0, 0.1) is 12.3 Å². The van der Waals surface area contributed by atoms with E-state index in [0.717, 1.165) is 18.4 Å². The van der Waals surface area contributed by atoms with E-state index in [2.05, 4.69) is 13.8 Å². The van der Waals surface area contributed by atoms with Crippen LogP contribution in [0.15, 0.2) is 29.2 Å². The summed E-state index contributed by atoms with van der Waals surface area (Å²) in [5.41, 5.74) is 0.383. The summed E-state index contributed by atoms with van der Waals surface area (Å²) >= 11 is 0. The molecule has 1 aromatic rings. The normalized spacial score (nSPS) is 24.1. The lowest BCUT2D eigenvalue weighted by Gasteiger charge is -2.56. The van der Waals surface area contributed by atoms with Crippen molar-refractivity contribution < 1.29 is 8.42 Å². The molecule has 124 valence electrons. The van der Waals surface area contributed by atoms with Gasteiger partial charge in [0, 0.05) is 11.1 Å². The number of benzene rings is 1. The SMILES string of the molecule is Cc1ccc(S(=O)(=O)N2C(C)(C)CC(C)(C)CC2(C)C)cc1. The van der Waals surface area contributed by atoms with Crippen LogP contribution in [0.3, 0.4) is 0 Å². The molecule has 0 radical (unpaired) electrons. The summed E-state index contributed by atoms with van der Waals surface area (Å²) in [6.45, 7) is 14.6. The second kappa shape index (κ2) is 5.07. The Kier molecular flexibility index (Phi) is 4.03. The molecule has 22 heavy (non-hydrogen) atoms. The molecule has 1 fully saturated rings. The maximum Gasteiger partial charge on any atom is 0.244 e. The van der Waals surface area contributed by atoms with Gasteiger partial charge in [0.05, 0.1) is 4.90 Å². The molecular weight excluding hydrogens is 294 g/mol. The molecule has 0 spiro atoms. The third kappa shape index (κ3) is 3.09. The van der Waals surface area contributed by atoms with E-state index in [-0.39, 0.29) is 5.41 Å². The van der Waals surface area contributed by atoms with Gasteiger partial charge in [-0.2, -0.15) is 4.31 Å². The van der Waals surface area contributed by atoms with Gasteiger partial charge in [-0.25, -0.2) is 8.42 Å². The van der Waals surface area contributed by atoms with Gasteiger partial charge in [-0.15, -0.1) is 0 Å². The fraction of sp³-hybridized carbons (Fsp3) is 0.667. The van der Waals surface area contributed by atoms with E-state index >= 15 is 0 Å². The third-order valence-electron chi connectivity index (χ3n) is 4.48. The monoisotopic (exact) mass is 323 g/mol. The molecule has 4 heteroatoms. The predicted molar refractivity (Wildman–Crippen MR) is 91.4 cm³/mol. The number of aryl methyl sites for hydroxylation is 1. The highest BCUT2D eigenvalue weighted by Crippen LogP contribution is 2.49. The lowest BCUT2D eigenvalue weighted by atomic mass is 9.68. The molecule has 0 bridgehead atoms. The topological polar surface area (TPSA) is 37.4 Å². The van der Waals surface area contributed by atoms with Crippen LogP contribution in [0.5, 0.6) is 0 Å². The van der Waals surface area contributed by atoms with E-state index in [1.807, 2.05) is 46.8 Å². The van der Waals surface area contributed by atoms with Crippen LogP contribution < -0.4 is 0 Å². The van der Waals surface area contributed by atoms with Gasteiger partial charge in [0.15, 0.2) is 0 Å². The highest BCUT2D eigenvalue weighted by Gasteiger charge is 2.53. The van der Waals surface area contributed by atoms with Crippen LogP contribution in [0.1, 0.15) is 59.9 Å². The minimum atomic E-state index is -3.51. The van der Waals surface area contributed by atoms with Gasteiger partial charge in [-0.05, 0) is 65.0 Å². The predicted octanol–water partition coefficient (Wildman–Crippen LogP) is 4.36. The number of hydrogen-bond acceptors (Lipinski definition) is 2. The van der Waals surface area contributed by atoms with Crippen molar-refractivity contribution in [3.8, 4) is 0 Å². The van der Waals surface area contributed by atoms with E-state index in [1.165, 1.54) is 0 Å². The Morgan fingerprint density at radius 3 is 1.68 bits per heavy atom. The van der Waals surface area contributed by atoms with Crippen molar-refractivity contribution in [2.24, 2.45) is 5.41 Å². The van der Waals surface area contributed by atoms with Gasteiger partial charge in [-0.3, -0.25) is 0 Å². The Morgan fingerprint density at radius 1 is 0.864 bits per heavy atom. The molecule has 0 amide bonds. The highest BCUT2D eigenvalue weighted by molar-refractivity contribution is 7.89. The zero-order valence-electron chi connectivity index (χ0n) is 14.9. The first kappa shape index (κ1) is 17.5. The highest BCUT2D eigenvalue weighted by atomic mass is 32.2. The maximum atomic E-state index is 13.3. The van der Waals surface area contributed by atoms with Crippen molar-refractivity contribution >= 4 is 10.0 Å². The van der Waals surface area contributed by atoms with Gasteiger partial charge in [0.25, 0.3) is 0 Å². The average Bonchev–Trinajstić information content (AvgIpc) is 2.22. The van der Waals surface area contributed by atoms with Gasteiger partial charge < -0.3 is 0 Å². The quantitative estimate of drug-likeness (QED) is 0.811. The number of rotatable bonds is 2. The summed E-state index contributed by atoms with van der Waals surface area (Å²) < 4.78 is 28.3. The first-order valence-electron chi connectivity index (χ1n) is 7.90. The summed E-state index contributed by atoms with van der Waals surface area (Å²) in [5, 5.41) is 0. The first-order valence-corrected chi connectivity index (χ1v) is 9.34. The van der Waals surface area contributed by atoms with Crippen molar-refractivity contribution in [1.82, 2.24) is 4.31 Å².